The molecule has 1 amide bonds. The van der Waals surface area contributed by atoms with E-state index < -0.39 is 0 Å². The minimum absolute atomic E-state index is 0.0309. The van der Waals surface area contributed by atoms with E-state index in [0.29, 0.717) is 25.3 Å². The van der Waals surface area contributed by atoms with E-state index >= 15 is 0 Å². The van der Waals surface area contributed by atoms with Gasteiger partial charge in [0, 0.05) is 43.5 Å². The van der Waals surface area contributed by atoms with Crippen molar-refractivity contribution in [2.75, 3.05) is 20.3 Å². The number of pyridine rings is 1. The maximum Gasteiger partial charge on any atom is 0.254 e. The van der Waals surface area contributed by atoms with Gasteiger partial charge in [0.2, 0.25) is 0 Å². The summed E-state index contributed by atoms with van der Waals surface area (Å²) in [6.45, 7) is 3.40. The molecular weight excluding hydrogens is 304 g/mol. The van der Waals surface area contributed by atoms with E-state index in [4.69, 9.17) is 9.15 Å². The second-order valence-electron chi connectivity index (χ2n) is 5.69. The summed E-state index contributed by atoms with van der Waals surface area (Å²) in [6, 6.07) is 11.3. The number of hydrogen-bond acceptors (Lipinski definition) is 4. The van der Waals surface area contributed by atoms with Gasteiger partial charge in [-0.3, -0.25) is 9.78 Å². The number of ether oxygens (including phenoxy) is 1. The second kappa shape index (κ2) is 7.27. The summed E-state index contributed by atoms with van der Waals surface area (Å²) < 4.78 is 10.7. The second-order valence-corrected chi connectivity index (χ2v) is 5.69. The molecule has 5 heteroatoms. The third kappa shape index (κ3) is 3.63. The van der Waals surface area contributed by atoms with Crippen LogP contribution in [-0.2, 0) is 11.3 Å². The zero-order valence-corrected chi connectivity index (χ0v) is 13.9. The van der Waals surface area contributed by atoms with Crippen LogP contribution in [0.5, 0.6) is 0 Å². The zero-order valence-electron chi connectivity index (χ0n) is 13.9. The van der Waals surface area contributed by atoms with Crippen molar-refractivity contribution >= 4 is 16.9 Å². The Morgan fingerprint density at radius 1 is 1.29 bits per heavy atom. The predicted octanol–water partition coefficient (Wildman–Crippen LogP) is 3.43. The summed E-state index contributed by atoms with van der Waals surface area (Å²) >= 11 is 0. The van der Waals surface area contributed by atoms with Crippen LogP contribution in [0.2, 0.25) is 0 Å². The summed E-state index contributed by atoms with van der Waals surface area (Å²) in [7, 11) is 1.63. The lowest BCUT2D eigenvalue weighted by Crippen LogP contribution is -2.33. The average molecular weight is 324 g/mol. The Hall–Kier alpha value is -2.66. The predicted molar refractivity (Wildman–Crippen MR) is 91.8 cm³/mol. The minimum atomic E-state index is -0.0309. The van der Waals surface area contributed by atoms with Crippen molar-refractivity contribution in [1.29, 1.82) is 0 Å². The molecule has 0 aliphatic heterocycles. The Labute approximate surface area is 140 Å². The molecule has 1 aromatic carbocycles. The molecule has 0 saturated heterocycles. The highest BCUT2D eigenvalue weighted by Gasteiger charge is 2.17. The molecule has 3 rings (SSSR count). The average Bonchev–Trinajstić information content (AvgIpc) is 2.98. The fourth-order valence-electron chi connectivity index (χ4n) is 2.66. The van der Waals surface area contributed by atoms with Gasteiger partial charge in [-0.2, -0.15) is 0 Å². The van der Waals surface area contributed by atoms with E-state index in [1.54, 1.807) is 30.5 Å². The smallest absolute Gasteiger partial charge is 0.254 e. The van der Waals surface area contributed by atoms with Crippen LogP contribution in [0.1, 0.15) is 21.7 Å². The van der Waals surface area contributed by atoms with E-state index in [1.807, 2.05) is 37.3 Å². The van der Waals surface area contributed by atoms with Gasteiger partial charge in [0.05, 0.1) is 6.61 Å². The van der Waals surface area contributed by atoms with Gasteiger partial charge in [-0.25, -0.2) is 0 Å². The van der Waals surface area contributed by atoms with Gasteiger partial charge in [0.25, 0.3) is 5.91 Å². The van der Waals surface area contributed by atoms with Crippen molar-refractivity contribution in [3.63, 3.8) is 0 Å². The summed E-state index contributed by atoms with van der Waals surface area (Å²) in [4.78, 5) is 18.8. The van der Waals surface area contributed by atoms with E-state index in [-0.39, 0.29) is 5.91 Å². The number of nitrogens with zero attached hydrogens (tertiary/aromatic N) is 2. The first-order valence-corrected chi connectivity index (χ1v) is 7.84. The molecule has 0 fully saturated rings. The van der Waals surface area contributed by atoms with E-state index in [2.05, 4.69) is 4.98 Å². The molecule has 0 aliphatic rings. The molecular formula is C19H20N2O3. The number of carbonyl (C=O) groups excluding carboxylic acids is 1. The van der Waals surface area contributed by atoms with Gasteiger partial charge in [0.15, 0.2) is 0 Å². The molecule has 0 aliphatic carbocycles. The van der Waals surface area contributed by atoms with Crippen molar-refractivity contribution < 1.29 is 13.9 Å². The number of aryl methyl sites for hydroxylation is 1. The third-order valence-electron chi connectivity index (χ3n) is 3.84. The molecule has 0 radical (unpaired) electrons. The molecule has 0 unspecified atom stereocenters. The van der Waals surface area contributed by atoms with Crippen molar-refractivity contribution in [1.82, 2.24) is 9.88 Å². The summed E-state index contributed by atoms with van der Waals surface area (Å²) in [5.41, 5.74) is 2.42. The first-order chi connectivity index (χ1) is 11.7. The van der Waals surface area contributed by atoms with Gasteiger partial charge in [-0.1, -0.05) is 6.07 Å². The van der Waals surface area contributed by atoms with Gasteiger partial charge < -0.3 is 14.1 Å². The lowest BCUT2D eigenvalue weighted by molar-refractivity contribution is 0.0680. The molecule has 0 N–H and O–H groups in total. The zero-order chi connectivity index (χ0) is 16.9. The van der Waals surface area contributed by atoms with Crippen molar-refractivity contribution in [2.24, 2.45) is 0 Å². The number of aromatic nitrogens is 1. The fourth-order valence-corrected chi connectivity index (χ4v) is 2.66. The number of carbonyl (C=O) groups is 1. The molecule has 5 nitrogen and oxygen atoms in total. The third-order valence-corrected chi connectivity index (χ3v) is 3.84. The molecule has 0 spiro atoms. The summed E-state index contributed by atoms with van der Waals surface area (Å²) in [6.07, 6.45) is 3.50. The molecule has 2 heterocycles. The van der Waals surface area contributed by atoms with Crippen molar-refractivity contribution in [3.05, 3.63) is 65.7 Å². The molecule has 3 aromatic rings. The highest BCUT2D eigenvalue weighted by molar-refractivity contribution is 5.97. The number of hydrogen-bond donors (Lipinski definition) is 0. The molecule has 124 valence electrons. The van der Waals surface area contributed by atoms with Crippen LogP contribution in [0.15, 0.2) is 53.2 Å². The Morgan fingerprint density at radius 3 is 2.92 bits per heavy atom. The molecule has 24 heavy (non-hydrogen) atoms. The van der Waals surface area contributed by atoms with Crippen LogP contribution in [-0.4, -0.2) is 36.1 Å². The lowest BCUT2D eigenvalue weighted by atomic mass is 10.1. The van der Waals surface area contributed by atoms with E-state index in [1.165, 1.54) is 0 Å². The number of methoxy groups -OCH3 is 1. The first-order valence-electron chi connectivity index (χ1n) is 7.84. The Kier molecular flexibility index (Phi) is 4.91. The Morgan fingerprint density at radius 2 is 2.17 bits per heavy atom. The highest BCUT2D eigenvalue weighted by Crippen LogP contribution is 2.21. The number of benzene rings is 1. The van der Waals surface area contributed by atoms with Crippen molar-refractivity contribution in [3.8, 4) is 0 Å². The monoisotopic (exact) mass is 324 g/mol. The van der Waals surface area contributed by atoms with Crippen LogP contribution < -0.4 is 0 Å². The van der Waals surface area contributed by atoms with Crippen molar-refractivity contribution in [2.45, 2.75) is 13.5 Å². The quantitative estimate of drug-likeness (QED) is 0.697. The number of amides is 1. The lowest BCUT2D eigenvalue weighted by Gasteiger charge is -2.22. The normalized spacial score (nSPS) is 10.9. The van der Waals surface area contributed by atoms with Gasteiger partial charge in [-0.15, -0.1) is 0 Å². The van der Waals surface area contributed by atoms with Crippen LogP contribution in [0.4, 0.5) is 0 Å². The SMILES string of the molecule is COCCN(Cc1cccnc1)C(=O)c1ccc2oc(C)cc2c1. The summed E-state index contributed by atoms with van der Waals surface area (Å²) in [5.74, 6) is 0.804. The van der Waals surface area contributed by atoms with Crippen LogP contribution >= 0.6 is 0 Å². The molecule has 0 atom stereocenters. The Bertz CT molecular complexity index is 827. The van der Waals surface area contributed by atoms with Crippen LogP contribution in [0, 0.1) is 6.92 Å². The number of furan rings is 1. The van der Waals surface area contributed by atoms with Gasteiger partial charge in [0.1, 0.15) is 11.3 Å². The number of rotatable bonds is 6. The standard InChI is InChI=1S/C19H20N2O3/c1-14-10-17-11-16(5-6-18(17)24-14)19(22)21(8-9-23-2)13-15-4-3-7-20-12-15/h3-7,10-12H,8-9,13H2,1-2H3. The molecule has 0 saturated carbocycles. The highest BCUT2D eigenvalue weighted by atomic mass is 16.5. The van der Waals surface area contributed by atoms with E-state index in [0.717, 1.165) is 22.3 Å². The topological polar surface area (TPSA) is 55.6 Å². The van der Waals surface area contributed by atoms with E-state index in [9.17, 15) is 4.79 Å². The van der Waals surface area contributed by atoms with Crippen LogP contribution in [0.3, 0.4) is 0 Å². The Balaban J connectivity index is 1.85. The van der Waals surface area contributed by atoms with Crippen LogP contribution in [0.25, 0.3) is 11.0 Å². The summed E-state index contributed by atoms with van der Waals surface area (Å²) in [5, 5.41) is 0.936. The molecule has 0 bridgehead atoms. The minimum Gasteiger partial charge on any atom is -0.461 e. The maximum atomic E-state index is 12.9. The fraction of sp³-hybridized carbons (Fsp3) is 0.263. The largest absolute Gasteiger partial charge is 0.461 e. The number of fused-ring (bicyclic) bond motifs is 1. The van der Waals surface area contributed by atoms with Gasteiger partial charge in [-0.05, 0) is 42.8 Å². The van der Waals surface area contributed by atoms with Gasteiger partial charge >= 0.3 is 0 Å². The first kappa shape index (κ1) is 16.2. The molecule has 2 aromatic heterocycles. The maximum absolute atomic E-state index is 12.9.